The van der Waals surface area contributed by atoms with Gasteiger partial charge in [-0.15, -0.1) is 0 Å². The van der Waals surface area contributed by atoms with Gasteiger partial charge in [0.1, 0.15) is 0 Å². The lowest BCUT2D eigenvalue weighted by molar-refractivity contribution is -0.129. The summed E-state index contributed by atoms with van der Waals surface area (Å²) in [5.41, 5.74) is 2.37. The molecule has 0 aromatic heterocycles. The molecule has 23 heavy (non-hydrogen) atoms. The number of hydrogen-bond donors (Lipinski definition) is 1. The summed E-state index contributed by atoms with van der Waals surface area (Å²) in [6, 6.07) is 8.28. The fourth-order valence-electron chi connectivity index (χ4n) is 2.61. The summed E-state index contributed by atoms with van der Waals surface area (Å²) in [6.07, 6.45) is 0. The van der Waals surface area contributed by atoms with Crippen LogP contribution in [0.2, 0.25) is 0 Å². The van der Waals surface area contributed by atoms with Gasteiger partial charge in [0.15, 0.2) is 0 Å². The van der Waals surface area contributed by atoms with Crippen molar-refractivity contribution in [1.29, 1.82) is 0 Å². The first kappa shape index (κ1) is 17.7. The van der Waals surface area contributed by atoms with Gasteiger partial charge in [-0.1, -0.05) is 18.2 Å². The molecule has 128 valence electrons. The van der Waals surface area contributed by atoms with E-state index in [0.717, 1.165) is 26.3 Å². The maximum absolute atomic E-state index is 12.2. The molecule has 1 amide bonds. The number of para-hydroxylation sites is 1. The van der Waals surface area contributed by atoms with Crippen LogP contribution in [0.1, 0.15) is 5.56 Å². The van der Waals surface area contributed by atoms with Gasteiger partial charge in [0, 0.05) is 46.0 Å². The molecule has 1 aromatic rings. The molecule has 1 heterocycles. The number of nitrogens with zero attached hydrogens (tertiary/aromatic N) is 2. The average Bonchev–Trinajstić information content (AvgIpc) is 2.59. The Kier molecular flexibility index (Phi) is 7.32. The molecular formula is C17H27N3O3. The van der Waals surface area contributed by atoms with Crippen LogP contribution in [0.4, 0.5) is 5.69 Å². The Morgan fingerprint density at radius 2 is 2.09 bits per heavy atom. The lowest BCUT2D eigenvalue weighted by Gasteiger charge is -2.31. The molecule has 6 heteroatoms. The third-order valence-corrected chi connectivity index (χ3v) is 3.94. The predicted molar refractivity (Wildman–Crippen MR) is 90.7 cm³/mol. The Balaban J connectivity index is 1.92. The zero-order valence-corrected chi connectivity index (χ0v) is 14.1. The number of rotatable bonds is 8. The molecule has 1 N–H and O–H groups in total. The number of benzene rings is 1. The first-order valence-corrected chi connectivity index (χ1v) is 8.06. The topological polar surface area (TPSA) is 54.0 Å². The summed E-state index contributed by atoms with van der Waals surface area (Å²) >= 11 is 0. The summed E-state index contributed by atoms with van der Waals surface area (Å²) < 4.78 is 10.4. The molecule has 1 aromatic carbocycles. The van der Waals surface area contributed by atoms with Crippen LogP contribution >= 0.6 is 0 Å². The summed E-state index contributed by atoms with van der Waals surface area (Å²) in [5.74, 6) is 0.0814. The van der Waals surface area contributed by atoms with E-state index in [9.17, 15) is 4.79 Å². The first-order valence-electron chi connectivity index (χ1n) is 8.06. The monoisotopic (exact) mass is 321 g/mol. The minimum atomic E-state index is 0.0814. The second-order valence-electron chi connectivity index (χ2n) is 5.65. The molecule has 0 spiro atoms. The van der Waals surface area contributed by atoms with E-state index in [1.54, 1.807) is 12.0 Å². The van der Waals surface area contributed by atoms with E-state index in [1.165, 1.54) is 11.3 Å². The number of likely N-dealkylation sites (N-methyl/N-ethyl adjacent to an activating group) is 1. The average molecular weight is 321 g/mol. The number of nitrogens with one attached hydrogen (secondary N) is 1. The normalized spacial score (nSPS) is 14.8. The molecule has 1 aliphatic heterocycles. The van der Waals surface area contributed by atoms with Crippen LogP contribution in [-0.2, 0) is 20.8 Å². The fraction of sp³-hybridized carbons (Fsp3) is 0.588. The second kappa shape index (κ2) is 9.50. The maximum atomic E-state index is 12.2. The van der Waals surface area contributed by atoms with E-state index in [1.807, 2.05) is 19.2 Å². The van der Waals surface area contributed by atoms with Crippen LogP contribution in [0.15, 0.2) is 24.3 Å². The molecular weight excluding hydrogens is 294 g/mol. The summed E-state index contributed by atoms with van der Waals surface area (Å²) in [4.78, 5) is 16.3. The Bertz CT molecular complexity index is 490. The van der Waals surface area contributed by atoms with E-state index >= 15 is 0 Å². The molecule has 0 bridgehead atoms. The van der Waals surface area contributed by atoms with Gasteiger partial charge in [-0.05, 0) is 11.6 Å². The molecule has 2 rings (SSSR count). The molecule has 1 fully saturated rings. The van der Waals surface area contributed by atoms with E-state index in [2.05, 4.69) is 22.3 Å². The van der Waals surface area contributed by atoms with Crippen molar-refractivity contribution in [2.24, 2.45) is 0 Å². The molecule has 0 radical (unpaired) electrons. The van der Waals surface area contributed by atoms with Crippen LogP contribution in [0.5, 0.6) is 0 Å². The van der Waals surface area contributed by atoms with Crippen molar-refractivity contribution in [1.82, 2.24) is 10.2 Å². The lowest BCUT2D eigenvalue weighted by Crippen LogP contribution is -2.38. The molecule has 0 saturated carbocycles. The van der Waals surface area contributed by atoms with Gasteiger partial charge in [-0.2, -0.15) is 0 Å². The standard InChI is InChI=1S/C17H27N3O3/c1-19(17(21)13-18-7-10-22-2)14-15-5-3-4-6-16(15)20-8-11-23-12-9-20/h3-6,18H,7-14H2,1-2H3. The van der Waals surface area contributed by atoms with Gasteiger partial charge in [-0.25, -0.2) is 0 Å². The largest absolute Gasteiger partial charge is 0.383 e. The van der Waals surface area contributed by atoms with Crippen molar-refractivity contribution in [3.63, 3.8) is 0 Å². The molecule has 0 atom stereocenters. The highest BCUT2D eigenvalue weighted by Gasteiger charge is 2.16. The van der Waals surface area contributed by atoms with Crippen LogP contribution in [0, 0.1) is 0 Å². The highest BCUT2D eigenvalue weighted by Crippen LogP contribution is 2.22. The SMILES string of the molecule is COCCNCC(=O)N(C)Cc1ccccc1N1CCOCC1. The van der Waals surface area contributed by atoms with Gasteiger partial charge in [0.2, 0.25) is 5.91 Å². The van der Waals surface area contributed by atoms with Gasteiger partial charge in [0.05, 0.1) is 26.4 Å². The van der Waals surface area contributed by atoms with Crippen LogP contribution in [0.3, 0.4) is 0 Å². The van der Waals surface area contributed by atoms with Gasteiger partial charge < -0.3 is 24.6 Å². The highest BCUT2D eigenvalue weighted by atomic mass is 16.5. The summed E-state index contributed by atoms with van der Waals surface area (Å²) in [7, 11) is 3.49. The predicted octanol–water partition coefficient (Wildman–Crippen LogP) is 0.718. The van der Waals surface area contributed by atoms with Crippen molar-refractivity contribution < 1.29 is 14.3 Å². The Hall–Kier alpha value is -1.63. The van der Waals surface area contributed by atoms with Crippen molar-refractivity contribution in [3.05, 3.63) is 29.8 Å². The number of methoxy groups -OCH3 is 1. The highest BCUT2D eigenvalue weighted by molar-refractivity contribution is 5.78. The van der Waals surface area contributed by atoms with Gasteiger partial charge >= 0.3 is 0 Å². The van der Waals surface area contributed by atoms with Crippen LogP contribution < -0.4 is 10.2 Å². The van der Waals surface area contributed by atoms with E-state index in [-0.39, 0.29) is 5.91 Å². The van der Waals surface area contributed by atoms with Crippen molar-refractivity contribution in [3.8, 4) is 0 Å². The second-order valence-corrected chi connectivity index (χ2v) is 5.65. The third kappa shape index (κ3) is 5.49. The maximum Gasteiger partial charge on any atom is 0.236 e. The smallest absolute Gasteiger partial charge is 0.236 e. The van der Waals surface area contributed by atoms with E-state index in [0.29, 0.717) is 26.2 Å². The summed E-state index contributed by atoms with van der Waals surface area (Å²) in [5, 5.41) is 3.09. The van der Waals surface area contributed by atoms with Crippen molar-refractivity contribution >= 4 is 11.6 Å². The fourth-order valence-corrected chi connectivity index (χ4v) is 2.61. The lowest BCUT2D eigenvalue weighted by atomic mass is 10.1. The van der Waals surface area contributed by atoms with E-state index in [4.69, 9.17) is 9.47 Å². The minimum Gasteiger partial charge on any atom is -0.383 e. The van der Waals surface area contributed by atoms with Crippen LogP contribution in [0.25, 0.3) is 0 Å². The molecule has 1 saturated heterocycles. The quantitative estimate of drug-likeness (QED) is 0.715. The van der Waals surface area contributed by atoms with Gasteiger partial charge in [0.25, 0.3) is 0 Å². The van der Waals surface area contributed by atoms with Crippen LogP contribution in [-0.4, -0.2) is 71.0 Å². The summed E-state index contributed by atoms with van der Waals surface area (Å²) in [6.45, 7) is 5.54. The Labute approximate surface area is 138 Å². The third-order valence-electron chi connectivity index (χ3n) is 3.94. The molecule has 0 unspecified atom stereocenters. The number of hydrogen-bond acceptors (Lipinski definition) is 5. The Morgan fingerprint density at radius 3 is 2.83 bits per heavy atom. The number of anilines is 1. The van der Waals surface area contributed by atoms with E-state index < -0.39 is 0 Å². The Morgan fingerprint density at radius 1 is 1.35 bits per heavy atom. The zero-order chi connectivity index (χ0) is 16.5. The van der Waals surface area contributed by atoms with Crippen molar-refractivity contribution in [2.75, 3.05) is 65.1 Å². The van der Waals surface area contributed by atoms with Crippen molar-refractivity contribution in [2.45, 2.75) is 6.54 Å². The number of amides is 1. The number of ether oxygens (including phenoxy) is 2. The zero-order valence-electron chi connectivity index (χ0n) is 14.1. The molecule has 0 aliphatic carbocycles. The number of carbonyl (C=O) groups is 1. The minimum absolute atomic E-state index is 0.0814. The number of carbonyl (C=O) groups excluding carboxylic acids is 1. The first-order chi connectivity index (χ1) is 11.2. The molecule has 1 aliphatic rings. The van der Waals surface area contributed by atoms with Gasteiger partial charge in [-0.3, -0.25) is 4.79 Å². The molecule has 6 nitrogen and oxygen atoms in total. The number of morpholine rings is 1.